The molecule has 0 radical (unpaired) electrons. The minimum atomic E-state index is -4.51. The summed E-state index contributed by atoms with van der Waals surface area (Å²) in [6, 6.07) is 0. The van der Waals surface area contributed by atoms with Crippen LogP contribution in [0.4, 0.5) is 32.0 Å². The fourth-order valence-electron chi connectivity index (χ4n) is 4.50. The molecule has 0 aromatic carbocycles. The van der Waals surface area contributed by atoms with Gasteiger partial charge in [-0.05, 0) is 0 Å². The zero-order chi connectivity index (χ0) is 40.5. The first-order valence-electron chi connectivity index (χ1n) is 14.8. The first-order chi connectivity index (χ1) is 25.6. The van der Waals surface area contributed by atoms with Crippen LogP contribution in [-0.2, 0) is 30.2 Å². The van der Waals surface area contributed by atoms with Gasteiger partial charge in [0.1, 0.15) is 40.2 Å². The summed E-state index contributed by atoms with van der Waals surface area (Å²) in [6.45, 7) is -2.65. The number of aryl methyl sites for hydroxylation is 1. The van der Waals surface area contributed by atoms with Crippen molar-refractivity contribution in [3.05, 3.63) is 53.9 Å². The number of primary amides is 1. The van der Waals surface area contributed by atoms with E-state index in [9.17, 15) is 44.3 Å². The fourth-order valence-corrected chi connectivity index (χ4v) is 6.84. The molecule has 294 valence electrons. The number of rotatable bonds is 11. The highest BCUT2D eigenvalue weighted by Crippen LogP contribution is 2.40. The van der Waals surface area contributed by atoms with Crippen LogP contribution in [-0.4, -0.2) is 102 Å². The number of halogens is 6. The van der Waals surface area contributed by atoms with E-state index in [1.165, 1.54) is 38.0 Å². The zero-order valence-corrected chi connectivity index (χ0v) is 30.9. The molecule has 6 aromatic heterocycles. The molecule has 6 heterocycles. The summed E-state index contributed by atoms with van der Waals surface area (Å²) >= 11 is 2.16. The first kappa shape index (κ1) is 40.4. The number of methoxy groups -OCH3 is 2. The Balaban J connectivity index is 0.000000212. The summed E-state index contributed by atoms with van der Waals surface area (Å²) in [6.07, 6.45) is -0.104. The number of aromatic nitrogens is 10. The number of nitrogens with zero attached hydrogens (tertiary/aromatic N) is 10. The lowest BCUT2D eigenvalue weighted by atomic mass is 10.2. The quantitative estimate of drug-likeness (QED) is 0.177. The van der Waals surface area contributed by atoms with Crippen LogP contribution >= 0.6 is 22.7 Å². The molecular weight excluding hydrogens is 811 g/mol. The maximum Gasteiger partial charge on any atom is 0.408 e. The third-order valence-electron chi connectivity index (χ3n) is 6.71. The summed E-state index contributed by atoms with van der Waals surface area (Å²) in [7, 11) is 0.587. The van der Waals surface area contributed by atoms with Crippen molar-refractivity contribution >= 4 is 50.2 Å². The van der Waals surface area contributed by atoms with Crippen LogP contribution in [0.2, 0.25) is 0 Å². The second-order valence-electron chi connectivity index (χ2n) is 11.0. The number of ether oxygens (including phenoxy) is 2. The number of carbonyl (C=O) groups excluding carboxylic acids is 2. The number of hydrogen-bond acceptors (Lipinski definition) is 14. The summed E-state index contributed by atoms with van der Waals surface area (Å²) in [5, 5.41) is 19.9. The van der Waals surface area contributed by atoms with Gasteiger partial charge in [-0.2, -0.15) is 40.6 Å². The standard InChI is InChI=1S/C14H13F3N6O4S2.C14H13F3N6O2S/c1-27-12-8(5-22(21-12)6-14(15,16)17)10-9(11(18)24)20-13(28-10)7-3-19-23(4-7)29(2,25)26;1-22-4-8(3-18-22)13-20-10(6-26-13)11(24)19-9-5-23(7-14(15,16)17)21-12(9)25-2/h3-5H,6H2,1-2H3,(H2,18,24);3-6H,7H2,1-2H3,(H,19,24). The maximum absolute atomic E-state index is 12.7. The molecule has 0 aliphatic carbocycles. The molecule has 0 unspecified atom stereocenters. The molecule has 0 spiro atoms. The lowest BCUT2D eigenvalue weighted by molar-refractivity contribution is -0.143. The Kier molecular flexibility index (Phi) is 11.4. The zero-order valence-electron chi connectivity index (χ0n) is 28.4. The number of amides is 2. The number of hydrogen-bond donors (Lipinski definition) is 2. The van der Waals surface area contributed by atoms with Gasteiger partial charge in [-0.1, -0.05) is 0 Å². The van der Waals surface area contributed by atoms with Gasteiger partial charge in [-0.3, -0.25) is 23.6 Å². The number of thiazole rings is 2. The van der Waals surface area contributed by atoms with Crippen molar-refractivity contribution in [2.45, 2.75) is 25.4 Å². The second kappa shape index (κ2) is 15.5. The predicted molar refractivity (Wildman–Crippen MR) is 183 cm³/mol. The van der Waals surface area contributed by atoms with Crippen LogP contribution in [0.25, 0.3) is 31.6 Å². The molecule has 2 amide bonds. The molecule has 27 heteroatoms. The van der Waals surface area contributed by atoms with Crippen LogP contribution in [0.3, 0.4) is 0 Å². The van der Waals surface area contributed by atoms with Crippen molar-refractivity contribution in [2.24, 2.45) is 12.8 Å². The Morgan fingerprint density at radius 3 is 2.02 bits per heavy atom. The molecular formula is C28H26F6N12O6S3. The molecule has 0 saturated carbocycles. The molecule has 55 heavy (non-hydrogen) atoms. The average Bonchev–Trinajstić information content (AvgIpc) is 3.91. The SMILES string of the molecule is COc1nn(CC(F)(F)F)cc1-c1sc(-c2cnn(S(C)(=O)=O)c2)nc1C(N)=O.COc1nn(CC(F)(F)F)cc1NC(=O)c1csc(-c2cnn(C)c2)n1. The first-order valence-corrected chi connectivity index (χ1v) is 18.4. The lowest BCUT2D eigenvalue weighted by Crippen LogP contribution is -2.18. The largest absolute Gasteiger partial charge is 0.479 e. The van der Waals surface area contributed by atoms with Gasteiger partial charge in [-0.25, -0.2) is 18.4 Å². The van der Waals surface area contributed by atoms with Crippen molar-refractivity contribution in [3.8, 4) is 43.3 Å². The van der Waals surface area contributed by atoms with Crippen LogP contribution in [0.1, 0.15) is 21.0 Å². The Morgan fingerprint density at radius 2 is 1.47 bits per heavy atom. The van der Waals surface area contributed by atoms with Crippen molar-refractivity contribution < 1.29 is 53.8 Å². The molecule has 0 fully saturated rings. The van der Waals surface area contributed by atoms with Gasteiger partial charge in [0.05, 0.1) is 55.7 Å². The van der Waals surface area contributed by atoms with Gasteiger partial charge < -0.3 is 20.5 Å². The Hall–Kier alpha value is -5.83. The molecule has 3 N–H and O–H groups in total. The highest BCUT2D eigenvalue weighted by molar-refractivity contribution is 7.89. The van der Waals surface area contributed by atoms with Gasteiger partial charge in [-0.15, -0.1) is 32.9 Å². The molecule has 0 aliphatic rings. The van der Waals surface area contributed by atoms with Crippen LogP contribution in [0, 0.1) is 0 Å². The highest BCUT2D eigenvalue weighted by Gasteiger charge is 2.32. The van der Waals surface area contributed by atoms with Gasteiger partial charge >= 0.3 is 12.4 Å². The molecule has 0 bridgehead atoms. The summed E-state index contributed by atoms with van der Waals surface area (Å²) in [5.41, 5.74) is 6.41. The number of carbonyl (C=O) groups is 2. The minimum Gasteiger partial charge on any atom is -0.479 e. The number of nitrogens with one attached hydrogen (secondary N) is 1. The average molecular weight is 837 g/mol. The lowest BCUT2D eigenvalue weighted by Gasteiger charge is -2.04. The van der Waals surface area contributed by atoms with Crippen LogP contribution in [0.15, 0.2) is 42.6 Å². The number of anilines is 1. The summed E-state index contributed by atoms with van der Waals surface area (Å²) in [5.74, 6) is -1.78. The van der Waals surface area contributed by atoms with Gasteiger partial charge in [0.25, 0.3) is 27.7 Å². The van der Waals surface area contributed by atoms with Crippen molar-refractivity contribution in [2.75, 3.05) is 25.8 Å². The maximum atomic E-state index is 12.7. The van der Waals surface area contributed by atoms with Crippen LogP contribution < -0.4 is 20.5 Å². The van der Waals surface area contributed by atoms with E-state index in [0.717, 1.165) is 39.6 Å². The third kappa shape index (κ3) is 10.0. The summed E-state index contributed by atoms with van der Waals surface area (Å²) < 4.78 is 112. The minimum absolute atomic E-state index is 0.0256. The van der Waals surface area contributed by atoms with Gasteiger partial charge in [0.2, 0.25) is 5.88 Å². The smallest absolute Gasteiger partial charge is 0.408 e. The number of nitrogens with two attached hydrogens (primary N) is 1. The van der Waals surface area contributed by atoms with E-state index in [2.05, 4.69) is 35.7 Å². The van der Waals surface area contributed by atoms with E-state index in [0.29, 0.717) is 14.4 Å². The van der Waals surface area contributed by atoms with E-state index < -0.39 is 47.3 Å². The second-order valence-corrected chi connectivity index (χ2v) is 14.7. The van der Waals surface area contributed by atoms with Crippen molar-refractivity contribution in [3.63, 3.8) is 0 Å². The van der Waals surface area contributed by atoms with E-state index >= 15 is 0 Å². The monoisotopic (exact) mass is 836 g/mol. The fraction of sp³-hybridized carbons (Fsp3) is 0.286. The molecule has 0 saturated heterocycles. The normalized spacial score (nSPS) is 12.0. The van der Waals surface area contributed by atoms with Crippen molar-refractivity contribution in [1.29, 1.82) is 0 Å². The van der Waals surface area contributed by atoms with E-state index in [-0.39, 0.29) is 49.8 Å². The van der Waals surface area contributed by atoms with Crippen molar-refractivity contribution in [1.82, 2.24) is 48.5 Å². The molecule has 6 rings (SSSR count). The highest BCUT2D eigenvalue weighted by atomic mass is 32.2. The Labute approximate surface area is 313 Å². The molecule has 0 aliphatic heterocycles. The van der Waals surface area contributed by atoms with Crippen LogP contribution in [0.5, 0.6) is 11.8 Å². The van der Waals surface area contributed by atoms with Gasteiger partial charge in [0, 0.05) is 35.9 Å². The third-order valence-corrected chi connectivity index (χ3v) is 9.62. The topological polar surface area (TPSA) is 222 Å². The van der Waals surface area contributed by atoms with E-state index in [1.807, 2.05) is 0 Å². The molecule has 0 atom stereocenters. The Morgan fingerprint density at radius 1 is 0.873 bits per heavy atom. The molecule has 6 aromatic rings. The van der Waals surface area contributed by atoms with E-state index in [4.69, 9.17) is 15.2 Å². The molecule has 18 nitrogen and oxygen atoms in total. The Bertz CT molecular complexity index is 2440. The van der Waals surface area contributed by atoms with Gasteiger partial charge in [0.15, 0.2) is 0 Å². The number of alkyl halides is 6. The predicted octanol–water partition coefficient (Wildman–Crippen LogP) is 3.91. The summed E-state index contributed by atoms with van der Waals surface area (Å²) in [4.78, 5) is 32.6. The van der Waals surface area contributed by atoms with E-state index in [1.54, 1.807) is 29.5 Å².